The van der Waals surface area contributed by atoms with Crippen molar-refractivity contribution in [2.45, 2.75) is 12.8 Å². The lowest BCUT2D eigenvalue weighted by atomic mass is 10.0. The van der Waals surface area contributed by atoms with Gasteiger partial charge >= 0.3 is 0 Å². The Balaban J connectivity index is 2.25. The molecular weight excluding hydrogens is 236 g/mol. The summed E-state index contributed by atoms with van der Waals surface area (Å²) < 4.78 is 0. The molecule has 1 aliphatic rings. The highest BCUT2D eigenvalue weighted by Gasteiger charge is 2.16. The van der Waals surface area contributed by atoms with Gasteiger partial charge in [-0.15, -0.1) is 0 Å². The quantitative estimate of drug-likeness (QED) is 0.837. The third-order valence-corrected chi connectivity index (χ3v) is 3.36. The highest BCUT2D eigenvalue weighted by molar-refractivity contribution is 6.33. The minimum atomic E-state index is -0.336. The fourth-order valence-corrected chi connectivity index (χ4v) is 2.20. The molecule has 0 unspecified atom stereocenters. The van der Waals surface area contributed by atoms with E-state index in [1.165, 1.54) is 0 Å². The molecular formula is C13H15ClN2O. The first-order chi connectivity index (χ1) is 8.09. The van der Waals surface area contributed by atoms with E-state index in [1.807, 2.05) is 18.2 Å². The van der Waals surface area contributed by atoms with Crippen LogP contribution in [0, 0.1) is 0 Å². The molecule has 1 amide bonds. The number of primary amides is 1. The Morgan fingerprint density at radius 3 is 2.59 bits per heavy atom. The number of anilines is 1. The van der Waals surface area contributed by atoms with Crippen molar-refractivity contribution in [3.63, 3.8) is 0 Å². The predicted molar refractivity (Wildman–Crippen MR) is 70.4 cm³/mol. The van der Waals surface area contributed by atoms with Crippen LogP contribution in [0.4, 0.5) is 5.69 Å². The molecule has 0 saturated carbocycles. The van der Waals surface area contributed by atoms with Crippen molar-refractivity contribution in [2.75, 3.05) is 18.0 Å². The molecule has 17 heavy (non-hydrogen) atoms. The van der Waals surface area contributed by atoms with Crippen molar-refractivity contribution in [1.82, 2.24) is 0 Å². The lowest BCUT2D eigenvalue weighted by Crippen LogP contribution is -2.20. The van der Waals surface area contributed by atoms with Gasteiger partial charge in [0.2, 0.25) is 5.91 Å². The van der Waals surface area contributed by atoms with Gasteiger partial charge in [0.25, 0.3) is 0 Å². The minimum Gasteiger partial charge on any atom is -0.369 e. The summed E-state index contributed by atoms with van der Waals surface area (Å²) in [6.07, 6.45) is 4.21. The Hall–Kier alpha value is -1.48. The second-order valence-corrected chi connectivity index (χ2v) is 4.62. The fraction of sp³-hybridized carbons (Fsp3) is 0.308. The van der Waals surface area contributed by atoms with Crippen LogP contribution in [0.2, 0.25) is 5.02 Å². The number of carbonyl (C=O) groups is 1. The van der Waals surface area contributed by atoms with Gasteiger partial charge in [-0.2, -0.15) is 0 Å². The molecule has 3 nitrogen and oxygen atoms in total. The second-order valence-electron chi connectivity index (χ2n) is 4.21. The monoisotopic (exact) mass is 250 g/mol. The van der Waals surface area contributed by atoms with Crippen molar-refractivity contribution in [2.24, 2.45) is 5.73 Å². The van der Waals surface area contributed by atoms with Crippen LogP contribution in [0.15, 0.2) is 30.4 Å². The topological polar surface area (TPSA) is 46.3 Å². The van der Waals surface area contributed by atoms with E-state index in [0.717, 1.165) is 24.3 Å². The van der Waals surface area contributed by atoms with E-state index >= 15 is 0 Å². The first-order valence-corrected chi connectivity index (χ1v) is 5.96. The zero-order valence-electron chi connectivity index (χ0n) is 9.69. The molecule has 4 heteroatoms. The standard InChI is InChI=1S/C13H15ClN2O/c1-9(13(15)17)10-4-5-12(11(14)8-10)16-6-2-3-7-16/h2-5,8-9H,6-7H2,1H3,(H2,15,17)/t9-/m1/s1. The number of nitrogens with zero attached hydrogens (tertiary/aromatic N) is 1. The molecule has 1 aliphatic heterocycles. The summed E-state index contributed by atoms with van der Waals surface area (Å²) in [6, 6.07) is 5.68. The largest absolute Gasteiger partial charge is 0.369 e. The van der Waals surface area contributed by atoms with Gasteiger partial charge < -0.3 is 10.6 Å². The van der Waals surface area contributed by atoms with E-state index < -0.39 is 0 Å². The minimum absolute atomic E-state index is 0.307. The number of rotatable bonds is 3. The lowest BCUT2D eigenvalue weighted by Gasteiger charge is -2.20. The van der Waals surface area contributed by atoms with Crippen molar-refractivity contribution >= 4 is 23.2 Å². The maximum atomic E-state index is 11.1. The van der Waals surface area contributed by atoms with Gasteiger partial charge in [-0.05, 0) is 24.6 Å². The van der Waals surface area contributed by atoms with Gasteiger partial charge in [-0.3, -0.25) is 4.79 Å². The Morgan fingerprint density at radius 2 is 2.06 bits per heavy atom. The number of nitrogens with two attached hydrogens (primary N) is 1. The van der Waals surface area contributed by atoms with Gasteiger partial charge in [0.05, 0.1) is 16.6 Å². The summed E-state index contributed by atoms with van der Waals surface area (Å²) in [5, 5.41) is 0.666. The maximum absolute atomic E-state index is 11.1. The number of amides is 1. The molecule has 0 aromatic heterocycles. The molecule has 2 N–H and O–H groups in total. The van der Waals surface area contributed by atoms with E-state index in [4.69, 9.17) is 17.3 Å². The maximum Gasteiger partial charge on any atom is 0.224 e. The number of hydrogen-bond donors (Lipinski definition) is 1. The third kappa shape index (κ3) is 2.44. The first kappa shape index (κ1) is 12.0. The Morgan fingerprint density at radius 1 is 1.41 bits per heavy atom. The van der Waals surface area contributed by atoms with E-state index in [-0.39, 0.29) is 11.8 Å². The zero-order valence-corrected chi connectivity index (χ0v) is 10.4. The second kappa shape index (κ2) is 4.80. The van der Waals surface area contributed by atoms with E-state index in [2.05, 4.69) is 17.1 Å². The van der Waals surface area contributed by atoms with Crippen LogP contribution in [-0.2, 0) is 4.79 Å². The Kier molecular flexibility index (Phi) is 3.38. The van der Waals surface area contributed by atoms with Crippen LogP contribution < -0.4 is 10.6 Å². The van der Waals surface area contributed by atoms with Crippen LogP contribution in [0.1, 0.15) is 18.4 Å². The molecule has 2 rings (SSSR count). The van der Waals surface area contributed by atoms with Gasteiger partial charge in [0.1, 0.15) is 0 Å². The van der Waals surface area contributed by atoms with Crippen molar-refractivity contribution in [3.8, 4) is 0 Å². The molecule has 0 fully saturated rings. The molecule has 0 bridgehead atoms. The third-order valence-electron chi connectivity index (χ3n) is 3.06. The number of halogens is 1. The van der Waals surface area contributed by atoms with Crippen LogP contribution in [-0.4, -0.2) is 19.0 Å². The summed E-state index contributed by atoms with van der Waals surface area (Å²) in [4.78, 5) is 13.3. The van der Waals surface area contributed by atoms with Crippen molar-refractivity contribution in [3.05, 3.63) is 40.9 Å². The average molecular weight is 251 g/mol. The molecule has 1 aromatic rings. The van der Waals surface area contributed by atoms with Gasteiger partial charge in [0, 0.05) is 13.1 Å². The number of carbonyl (C=O) groups excluding carboxylic acids is 1. The normalized spacial score (nSPS) is 16.2. The van der Waals surface area contributed by atoms with Crippen molar-refractivity contribution < 1.29 is 4.79 Å². The molecule has 1 atom stereocenters. The molecule has 0 radical (unpaired) electrons. The lowest BCUT2D eigenvalue weighted by molar-refractivity contribution is -0.119. The molecule has 1 heterocycles. The van der Waals surface area contributed by atoms with Gasteiger partial charge in [0.15, 0.2) is 0 Å². The molecule has 0 aliphatic carbocycles. The van der Waals surface area contributed by atoms with Crippen LogP contribution in [0.5, 0.6) is 0 Å². The number of benzene rings is 1. The van der Waals surface area contributed by atoms with E-state index in [0.29, 0.717) is 5.02 Å². The highest BCUT2D eigenvalue weighted by atomic mass is 35.5. The van der Waals surface area contributed by atoms with Gasteiger partial charge in [-0.1, -0.05) is 29.8 Å². The number of hydrogen-bond acceptors (Lipinski definition) is 2. The molecule has 90 valence electrons. The Labute approximate surface area is 106 Å². The average Bonchev–Trinajstić information content (AvgIpc) is 2.81. The van der Waals surface area contributed by atoms with Gasteiger partial charge in [-0.25, -0.2) is 0 Å². The highest BCUT2D eigenvalue weighted by Crippen LogP contribution is 2.30. The summed E-state index contributed by atoms with van der Waals surface area (Å²) >= 11 is 6.24. The summed E-state index contributed by atoms with van der Waals surface area (Å²) in [5.41, 5.74) is 7.13. The Bertz CT molecular complexity index is 462. The van der Waals surface area contributed by atoms with Crippen molar-refractivity contribution in [1.29, 1.82) is 0 Å². The smallest absolute Gasteiger partial charge is 0.224 e. The van der Waals surface area contributed by atoms with E-state index in [9.17, 15) is 4.79 Å². The molecule has 1 aromatic carbocycles. The van der Waals surface area contributed by atoms with Crippen LogP contribution >= 0.6 is 11.6 Å². The zero-order chi connectivity index (χ0) is 12.4. The summed E-state index contributed by atoms with van der Waals surface area (Å²) in [7, 11) is 0. The SMILES string of the molecule is C[C@@H](C(N)=O)c1ccc(N2CC=CC2)c(Cl)c1. The van der Waals surface area contributed by atoms with Crippen LogP contribution in [0.3, 0.4) is 0 Å². The predicted octanol–water partition coefficient (Wildman–Crippen LogP) is 2.31. The van der Waals surface area contributed by atoms with E-state index in [1.54, 1.807) is 6.92 Å². The summed E-state index contributed by atoms with van der Waals surface area (Å²) in [6.45, 7) is 3.54. The first-order valence-electron chi connectivity index (χ1n) is 5.58. The molecule has 0 spiro atoms. The van der Waals surface area contributed by atoms with Crippen LogP contribution in [0.25, 0.3) is 0 Å². The fourth-order valence-electron chi connectivity index (χ4n) is 1.89. The molecule has 0 saturated heterocycles. The summed E-state index contributed by atoms with van der Waals surface area (Å²) in [5.74, 6) is -0.644.